The zero-order valence-corrected chi connectivity index (χ0v) is 17.3. The van der Waals surface area contributed by atoms with Crippen molar-refractivity contribution in [3.05, 3.63) is 59.7 Å². The van der Waals surface area contributed by atoms with Crippen LogP contribution in [0.25, 0.3) is 0 Å². The number of methoxy groups -OCH3 is 2. The lowest BCUT2D eigenvalue weighted by Crippen LogP contribution is -2.45. The second-order valence-electron chi connectivity index (χ2n) is 7.08. The molecule has 0 aliphatic carbocycles. The Morgan fingerprint density at radius 1 is 0.968 bits per heavy atom. The number of hydrogen-bond donors (Lipinski definition) is 1. The molecule has 0 unspecified atom stereocenters. The van der Waals surface area contributed by atoms with Crippen molar-refractivity contribution in [2.75, 3.05) is 20.8 Å². The molecule has 1 fully saturated rings. The van der Waals surface area contributed by atoms with Gasteiger partial charge in [-0.1, -0.05) is 24.3 Å². The van der Waals surface area contributed by atoms with E-state index in [9.17, 15) is 14.9 Å². The first-order valence-corrected chi connectivity index (χ1v) is 9.70. The molecule has 0 radical (unpaired) electrons. The van der Waals surface area contributed by atoms with Gasteiger partial charge in [0.25, 0.3) is 5.91 Å². The van der Waals surface area contributed by atoms with E-state index in [1.807, 2.05) is 6.07 Å². The van der Waals surface area contributed by atoms with Crippen LogP contribution in [-0.4, -0.2) is 37.6 Å². The molecule has 1 aliphatic rings. The quantitative estimate of drug-likeness (QED) is 0.659. The number of benzene rings is 2. The van der Waals surface area contributed by atoms with Crippen molar-refractivity contribution in [1.82, 2.24) is 10.2 Å². The first-order valence-electron chi connectivity index (χ1n) is 9.70. The standard InChI is InChI=1S/C23H22N4O4/c1-30-19-9-5-17(6-10-19)23(18-7-11-20(31-2)12-8-18)21(28)27(22(29)26-23)15-16(14-25)4-3-13-24/h5-12,16H,3-4,15H2,1-2H3,(H,26,29)/t16-/m1/s1. The average Bonchev–Trinajstić information content (AvgIpc) is 3.07. The Labute approximate surface area is 180 Å². The van der Waals surface area contributed by atoms with Gasteiger partial charge in [0.15, 0.2) is 5.54 Å². The summed E-state index contributed by atoms with van der Waals surface area (Å²) >= 11 is 0. The number of carbonyl (C=O) groups excluding carboxylic acids is 2. The molecule has 0 saturated carbocycles. The fourth-order valence-corrected chi connectivity index (χ4v) is 3.64. The van der Waals surface area contributed by atoms with Gasteiger partial charge >= 0.3 is 6.03 Å². The number of rotatable bonds is 8. The molecule has 0 bridgehead atoms. The summed E-state index contributed by atoms with van der Waals surface area (Å²) in [5.41, 5.74) is -0.333. The van der Waals surface area contributed by atoms with Crippen molar-refractivity contribution in [3.8, 4) is 23.6 Å². The number of amides is 3. The van der Waals surface area contributed by atoms with E-state index in [1.165, 1.54) is 0 Å². The zero-order valence-electron chi connectivity index (χ0n) is 17.3. The van der Waals surface area contributed by atoms with Crippen LogP contribution in [0.5, 0.6) is 11.5 Å². The third-order valence-electron chi connectivity index (χ3n) is 5.34. The van der Waals surface area contributed by atoms with Gasteiger partial charge in [-0.15, -0.1) is 0 Å². The van der Waals surface area contributed by atoms with E-state index < -0.39 is 23.4 Å². The number of hydrogen-bond acceptors (Lipinski definition) is 6. The summed E-state index contributed by atoms with van der Waals surface area (Å²) in [6.07, 6.45) is 0.451. The number of ether oxygens (including phenoxy) is 2. The normalized spacial score (nSPS) is 15.5. The minimum Gasteiger partial charge on any atom is -0.497 e. The van der Waals surface area contributed by atoms with Gasteiger partial charge in [-0.05, 0) is 41.8 Å². The lowest BCUT2D eigenvalue weighted by molar-refractivity contribution is -0.130. The molecule has 2 aromatic carbocycles. The number of nitrogens with zero attached hydrogens (tertiary/aromatic N) is 3. The maximum atomic E-state index is 13.7. The molecular formula is C23H22N4O4. The van der Waals surface area contributed by atoms with Crippen LogP contribution in [0.3, 0.4) is 0 Å². The average molecular weight is 418 g/mol. The number of nitriles is 2. The molecule has 3 amide bonds. The maximum absolute atomic E-state index is 13.7. The largest absolute Gasteiger partial charge is 0.497 e. The van der Waals surface area contributed by atoms with Crippen molar-refractivity contribution in [2.45, 2.75) is 18.4 Å². The van der Waals surface area contributed by atoms with Crippen LogP contribution in [0.15, 0.2) is 48.5 Å². The van der Waals surface area contributed by atoms with Crippen LogP contribution in [0, 0.1) is 28.6 Å². The summed E-state index contributed by atoms with van der Waals surface area (Å²) in [4.78, 5) is 27.6. The second kappa shape index (κ2) is 9.19. The SMILES string of the molecule is COc1ccc(C2(c3ccc(OC)cc3)NC(=O)N(C[C@@H](C#N)CCC#N)C2=O)cc1. The van der Waals surface area contributed by atoms with Crippen molar-refractivity contribution in [1.29, 1.82) is 10.5 Å². The molecule has 3 rings (SSSR count). The molecular weight excluding hydrogens is 396 g/mol. The minimum absolute atomic E-state index is 0.0864. The number of nitrogens with one attached hydrogen (secondary N) is 1. The minimum atomic E-state index is -1.45. The van der Waals surface area contributed by atoms with Gasteiger partial charge in [-0.3, -0.25) is 9.69 Å². The maximum Gasteiger partial charge on any atom is 0.325 e. The number of urea groups is 1. The predicted octanol–water partition coefficient (Wildman–Crippen LogP) is 2.94. The van der Waals surface area contributed by atoms with Crippen molar-refractivity contribution in [2.24, 2.45) is 5.92 Å². The van der Waals surface area contributed by atoms with Gasteiger partial charge < -0.3 is 14.8 Å². The van der Waals surface area contributed by atoms with Crippen LogP contribution < -0.4 is 14.8 Å². The zero-order chi connectivity index (χ0) is 22.4. The Morgan fingerprint density at radius 3 is 1.90 bits per heavy atom. The summed E-state index contributed by atoms with van der Waals surface area (Å²) in [5, 5.41) is 21.1. The van der Waals surface area contributed by atoms with Crippen molar-refractivity contribution < 1.29 is 19.1 Å². The Kier molecular flexibility index (Phi) is 6.42. The van der Waals surface area contributed by atoms with E-state index in [2.05, 4.69) is 11.4 Å². The van der Waals surface area contributed by atoms with Crippen molar-refractivity contribution >= 4 is 11.9 Å². The summed E-state index contributed by atoms with van der Waals surface area (Å²) < 4.78 is 10.4. The van der Waals surface area contributed by atoms with E-state index in [-0.39, 0.29) is 19.4 Å². The van der Waals surface area contributed by atoms with Gasteiger partial charge in [0.05, 0.1) is 32.3 Å². The molecule has 1 aliphatic heterocycles. The monoisotopic (exact) mass is 418 g/mol. The molecule has 8 heteroatoms. The van der Waals surface area contributed by atoms with Gasteiger partial charge in [-0.2, -0.15) is 10.5 Å². The van der Waals surface area contributed by atoms with Crippen molar-refractivity contribution in [3.63, 3.8) is 0 Å². The fraction of sp³-hybridized carbons (Fsp3) is 0.304. The molecule has 158 valence electrons. The van der Waals surface area contributed by atoms with Crippen LogP contribution in [0.4, 0.5) is 4.79 Å². The Morgan fingerprint density at radius 2 is 1.48 bits per heavy atom. The molecule has 2 aromatic rings. The lowest BCUT2D eigenvalue weighted by Gasteiger charge is -2.28. The van der Waals surface area contributed by atoms with Gasteiger partial charge in [-0.25, -0.2) is 4.79 Å². The van der Waals surface area contributed by atoms with Gasteiger partial charge in [0, 0.05) is 13.0 Å². The molecule has 0 aromatic heterocycles. The number of imide groups is 1. The Bertz CT molecular complexity index is 988. The lowest BCUT2D eigenvalue weighted by atomic mass is 9.82. The molecule has 8 nitrogen and oxygen atoms in total. The fourth-order valence-electron chi connectivity index (χ4n) is 3.64. The molecule has 1 atom stereocenters. The third kappa shape index (κ3) is 4.01. The predicted molar refractivity (Wildman–Crippen MR) is 111 cm³/mol. The van der Waals surface area contributed by atoms with Crippen LogP contribution in [0.1, 0.15) is 24.0 Å². The summed E-state index contributed by atoms with van der Waals surface area (Å²) in [6, 6.07) is 17.2. The van der Waals surface area contributed by atoms with E-state index in [4.69, 9.17) is 14.7 Å². The van der Waals surface area contributed by atoms with Gasteiger partial charge in [0.1, 0.15) is 11.5 Å². The molecule has 1 saturated heterocycles. The molecule has 0 spiro atoms. The highest BCUT2D eigenvalue weighted by molar-refractivity contribution is 6.09. The number of carbonyl (C=O) groups is 2. The summed E-state index contributed by atoms with van der Waals surface area (Å²) in [6.45, 7) is -0.0864. The van der Waals surface area contributed by atoms with Gasteiger partial charge in [0.2, 0.25) is 0 Å². The van der Waals surface area contributed by atoms with Crippen LogP contribution in [0.2, 0.25) is 0 Å². The first kappa shape index (κ1) is 21.7. The highest BCUT2D eigenvalue weighted by Gasteiger charge is 2.54. The Hall–Kier alpha value is -4.04. The highest BCUT2D eigenvalue weighted by atomic mass is 16.5. The van der Waals surface area contributed by atoms with E-state index >= 15 is 0 Å². The Balaban J connectivity index is 2.05. The topological polar surface area (TPSA) is 115 Å². The highest BCUT2D eigenvalue weighted by Crippen LogP contribution is 2.38. The van der Waals surface area contributed by atoms with E-state index in [1.54, 1.807) is 62.8 Å². The molecule has 31 heavy (non-hydrogen) atoms. The third-order valence-corrected chi connectivity index (χ3v) is 5.34. The molecule has 1 heterocycles. The summed E-state index contributed by atoms with van der Waals surface area (Å²) in [5.74, 6) is 0.119. The van der Waals surface area contributed by atoms with Crippen LogP contribution >= 0.6 is 0 Å². The molecule has 1 N–H and O–H groups in total. The second-order valence-corrected chi connectivity index (χ2v) is 7.08. The van der Waals surface area contributed by atoms with Crippen LogP contribution in [-0.2, 0) is 10.3 Å². The first-order chi connectivity index (χ1) is 15.0. The van der Waals surface area contributed by atoms with E-state index in [0.29, 0.717) is 22.6 Å². The smallest absolute Gasteiger partial charge is 0.325 e. The summed E-state index contributed by atoms with van der Waals surface area (Å²) in [7, 11) is 3.09. The van der Waals surface area contributed by atoms with E-state index in [0.717, 1.165) is 4.90 Å².